The first-order valence-corrected chi connectivity index (χ1v) is 14.8. The number of ether oxygens (including phenoxy) is 3. The zero-order valence-corrected chi connectivity index (χ0v) is 25.1. The number of carbonyl (C=O) groups is 2. The molecule has 234 valence electrons. The predicted molar refractivity (Wildman–Crippen MR) is 165 cm³/mol. The Bertz CT molecular complexity index is 1740. The van der Waals surface area contributed by atoms with E-state index in [1.165, 1.54) is 41.3 Å². The first-order chi connectivity index (χ1) is 21.7. The third-order valence-electron chi connectivity index (χ3n) is 8.61. The smallest absolute Gasteiger partial charge is 0.247 e. The number of nitrogens with two attached hydrogens (primary N) is 1. The average molecular weight is 617 g/mol. The van der Waals surface area contributed by atoms with Gasteiger partial charge >= 0.3 is 0 Å². The van der Waals surface area contributed by atoms with E-state index in [-0.39, 0.29) is 30.0 Å². The fraction of sp³-hybridized carbons (Fsp3) is 0.324. The number of hydrogen-bond acceptors (Lipinski definition) is 7. The van der Waals surface area contributed by atoms with E-state index in [0.29, 0.717) is 40.7 Å². The first kappa shape index (κ1) is 30.3. The third-order valence-corrected chi connectivity index (χ3v) is 8.61. The summed E-state index contributed by atoms with van der Waals surface area (Å²) in [6, 6.07) is 14.3. The fourth-order valence-corrected chi connectivity index (χ4v) is 5.63. The molecule has 0 spiro atoms. The van der Waals surface area contributed by atoms with Gasteiger partial charge in [0.15, 0.2) is 23.1 Å². The molecule has 2 heterocycles. The lowest BCUT2D eigenvalue weighted by molar-refractivity contribution is -0.133. The van der Waals surface area contributed by atoms with Crippen molar-refractivity contribution in [3.05, 3.63) is 78.5 Å². The Hall–Kier alpha value is -4.77. The van der Waals surface area contributed by atoms with E-state index in [1.54, 1.807) is 31.5 Å². The maximum Gasteiger partial charge on any atom is 0.247 e. The Morgan fingerprint density at radius 1 is 0.956 bits per heavy atom. The zero-order chi connectivity index (χ0) is 31.7. The molecule has 6 rings (SSSR count). The molecule has 2 fully saturated rings. The van der Waals surface area contributed by atoms with Crippen molar-refractivity contribution in [2.24, 2.45) is 17.1 Å². The van der Waals surface area contributed by atoms with Crippen molar-refractivity contribution < 1.29 is 32.6 Å². The molecule has 1 aromatic heterocycles. The highest BCUT2D eigenvalue weighted by atomic mass is 19.1. The largest absolute Gasteiger partial charge is 0.493 e. The molecule has 0 radical (unpaired) electrons. The van der Waals surface area contributed by atoms with Gasteiger partial charge in [0, 0.05) is 29.4 Å². The number of halogens is 2. The summed E-state index contributed by atoms with van der Waals surface area (Å²) in [6.45, 7) is 2.65. The van der Waals surface area contributed by atoms with Crippen LogP contribution in [0.5, 0.6) is 23.0 Å². The number of piperidine rings is 1. The number of aromatic nitrogens is 1. The van der Waals surface area contributed by atoms with E-state index in [0.717, 1.165) is 32.0 Å². The number of nitrogens with zero attached hydrogens (tertiary/aromatic N) is 3. The van der Waals surface area contributed by atoms with Gasteiger partial charge in [-0.15, -0.1) is 0 Å². The maximum absolute atomic E-state index is 15.6. The molecule has 2 amide bonds. The average Bonchev–Trinajstić information content (AvgIpc) is 3.85. The topological polar surface area (TPSA) is 107 Å². The van der Waals surface area contributed by atoms with Gasteiger partial charge in [-0.2, -0.15) is 0 Å². The van der Waals surface area contributed by atoms with Crippen LogP contribution in [0.4, 0.5) is 20.2 Å². The number of methoxy groups -OCH3 is 1. The van der Waals surface area contributed by atoms with E-state index in [9.17, 15) is 14.0 Å². The number of amides is 2. The van der Waals surface area contributed by atoms with Crippen LogP contribution in [0.15, 0.2) is 66.9 Å². The molecule has 1 aliphatic heterocycles. The van der Waals surface area contributed by atoms with E-state index in [2.05, 4.69) is 16.9 Å². The van der Waals surface area contributed by atoms with E-state index >= 15 is 4.39 Å². The molecular formula is C34H34F2N4O5. The standard InChI is InChI=1S/C34H34F2N4O5/c1-39-15-10-21(11-16-39)20-44-31-19-27-25(18-30(31)43-2)28(9-14-38-27)45-29-8-7-24(17-26(29)36)40(23-5-3-22(35)4-6-23)33(42)34(12-13-34)32(37)41/h3-9,14,17-19,21H,10-13,15-16,20H2,1-2H3,(H2,37,41). The van der Waals surface area contributed by atoms with Crippen LogP contribution in [0.1, 0.15) is 25.7 Å². The summed E-state index contributed by atoms with van der Waals surface area (Å²) < 4.78 is 47.1. The van der Waals surface area contributed by atoms with Gasteiger partial charge in [-0.1, -0.05) is 0 Å². The Labute approximate surface area is 259 Å². The quantitative estimate of drug-likeness (QED) is 0.219. The summed E-state index contributed by atoms with van der Waals surface area (Å²) in [7, 11) is 3.67. The number of anilines is 2. The van der Waals surface area contributed by atoms with Crippen molar-refractivity contribution in [3.8, 4) is 23.0 Å². The normalized spacial score (nSPS) is 16.3. The molecule has 1 saturated heterocycles. The van der Waals surface area contributed by atoms with Crippen LogP contribution in [0.2, 0.25) is 0 Å². The number of rotatable bonds is 10. The van der Waals surface area contributed by atoms with Gasteiger partial charge in [-0.25, -0.2) is 8.78 Å². The van der Waals surface area contributed by atoms with Crippen molar-refractivity contribution >= 4 is 34.1 Å². The lowest BCUT2D eigenvalue weighted by Crippen LogP contribution is -2.41. The molecule has 2 aliphatic rings. The summed E-state index contributed by atoms with van der Waals surface area (Å²) in [5.74, 6) is -0.860. The summed E-state index contributed by atoms with van der Waals surface area (Å²) in [6.07, 6.45) is 4.26. The summed E-state index contributed by atoms with van der Waals surface area (Å²) in [5, 5.41) is 0.588. The summed E-state index contributed by atoms with van der Waals surface area (Å²) in [4.78, 5) is 33.7. The van der Waals surface area contributed by atoms with Crippen molar-refractivity contribution in [1.29, 1.82) is 0 Å². The van der Waals surface area contributed by atoms with E-state index < -0.39 is 28.9 Å². The molecule has 2 N–H and O–H groups in total. The van der Waals surface area contributed by atoms with Gasteiger partial charge in [-0.05, 0) is 100 Å². The van der Waals surface area contributed by atoms with Gasteiger partial charge in [-0.3, -0.25) is 19.5 Å². The number of primary amides is 1. The van der Waals surface area contributed by atoms with Gasteiger partial charge in [0.05, 0.1) is 24.9 Å². The fourth-order valence-electron chi connectivity index (χ4n) is 5.63. The molecule has 45 heavy (non-hydrogen) atoms. The van der Waals surface area contributed by atoms with Crippen LogP contribution < -0.4 is 24.8 Å². The Morgan fingerprint density at radius 3 is 2.31 bits per heavy atom. The van der Waals surface area contributed by atoms with Gasteiger partial charge in [0.25, 0.3) is 0 Å². The maximum atomic E-state index is 15.6. The first-order valence-electron chi connectivity index (χ1n) is 14.8. The summed E-state index contributed by atoms with van der Waals surface area (Å²) in [5.41, 5.74) is 5.16. The molecule has 1 aliphatic carbocycles. The van der Waals surface area contributed by atoms with Gasteiger partial charge in [0.1, 0.15) is 17.0 Å². The second kappa shape index (κ2) is 12.3. The number of fused-ring (bicyclic) bond motifs is 1. The molecule has 9 nitrogen and oxygen atoms in total. The minimum absolute atomic E-state index is 0.102. The molecule has 3 aromatic carbocycles. The van der Waals surface area contributed by atoms with Crippen LogP contribution in [0.3, 0.4) is 0 Å². The lowest BCUT2D eigenvalue weighted by atomic mass is 9.98. The Balaban J connectivity index is 1.27. The highest BCUT2D eigenvalue weighted by Crippen LogP contribution is 2.49. The van der Waals surface area contributed by atoms with Crippen molar-refractivity contribution in [2.45, 2.75) is 25.7 Å². The predicted octanol–water partition coefficient (Wildman–Crippen LogP) is 5.96. The van der Waals surface area contributed by atoms with Crippen LogP contribution in [0.25, 0.3) is 10.9 Å². The zero-order valence-electron chi connectivity index (χ0n) is 25.1. The Morgan fingerprint density at radius 2 is 1.67 bits per heavy atom. The van der Waals surface area contributed by atoms with Crippen LogP contribution in [-0.2, 0) is 9.59 Å². The lowest BCUT2D eigenvalue weighted by Gasteiger charge is -2.28. The number of pyridine rings is 1. The number of carbonyl (C=O) groups excluding carboxylic acids is 2. The van der Waals surface area contributed by atoms with Gasteiger partial charge < -0.3 is 24.8 Å². The highest BCUT2D eigenvalue weighted by molar-refractivity contribution is 6.16. The monoisotopic (exact) mass is 616 g/mol. The number of hydrogen-bond donors (Lipinski definition) is 1. The van der Waals surface area contributed by atoms with Crippen molar-refractivity contribution in [1.82, 2.24) is 9.88 Å². The summed E-state index contributed by atoms with van der Waals surface area (Å²) >= 11 is 0. The molecule has 1 saturated carbocycles. The number of likely N-dealkylation sites (tertiary alicyclic amines) is 1. The van der Waals surface area contributed by atoms with E-state index in [1.807, 2.05) is 0 Å². The highest BCUT2D eigenvalue weighted by Gasteiger charge is 2.57. The van der Waals surface area contributed by atoms with Gasteiger partial charge in [0.2, 0.25) is 11.8 Å². The SMILES string of the molecule is COc1cc2c(Oc3ccc(N(C(=O)C4(C(N)=O)CC4)c4ccc(F)cc4)cc3F)ccnc2cc1OCC1CCN(C)CC1. The van der Waals surface area contributed by atoms with E-state index in [4.69, 9.17) is 19.9 Å². The molecule has 0 unspecified atom stereocenters. The molecule has 0 bridgehead atoms. The number of benzene rings is 3. The van der Waals surface area contributed by atoms with Crippen molar-refractivity contribution in [3.63, 3.8) is 0 Å². The molecular weight excluding hydrogens is 582 g/mol. The second-order valence-electron chi connectivity index (χ2n) is 11.7. The third kappa shape index (κ3) is 6.12. The minimum Gasteiger partial charge on any atom is -0.493 e. The molecule has 11 heteroatoms. The molecule has 4 aromatic rings. The van der Waals surface area contributed by atoms with Crippen LogP contribution >= 0.6 is 0 Å². The minimum atomic E-state index is -1.38. The van der Waals surface area contributed by atoms with Crippen LogP contribution in [0, 0.1) is 23.0 Å². The van der Waals surface area contributed by atoms with Crippen molar-refractivity contribution in [2.75, 3.05) is 38.8 Å². The molecule has 0 atom stereocenters. The van der Waals surface area contributed by atoms with Crippen LogP contribution in [-0.4, -0.2) is 55.6 Å². The second-order valence-corrected chi connectivity index (χ2v) is 11.7. The Kier molecular flexibility index (Phi) is 8.28.